The van der Waals surface area contributed by atoms with Crippen LogP contribution in [-0.4, -0.2) is 40.7 Å². The van der Waals surface area contributed by atoms with Crippen LogP contribution in [0.1, 0.15) is 61.2 Å². The summed E-state index contributed by atoms with van der Waals surface area (Å²) in [5.74, 6) is 0.0762. The molecule has 1 aromatic carbocycles. The number of thiophene rings is 1. The average Bonchev–Trinajstić information content (AvgIpc) is 3.19. The lowest BCUT2D eigenvalue weighted by molar-refractivity contribution is -0.143. The van der Waals surface area contributed by atoms with E-state index in [4.69, 9.17) is 0 Å². The standard InChI is InChI=1S/C23H30N2O2S/c1-5-17(4)25(21(26)6-2)15-22(27)24-13-11-20-19(12-14-28-20)23(24)18-9-7-16(3)8-10-18/h7-10,12,14,17,23H,5-6,11,13,15H2,1-4H3/t17-,23-/m0/s1. The number of nitrogens with zero attached hydrogens (tertiary/aromatic N) is 2. The predicted molar refractivity (Wildman–Crippen MR) is 115 cm³/mol. The molecule has 0 bridgehead atoms. The minimum atomic E-state index is -0.0707. The van der Waals surface area contributed by atoms with Crippen LogP contribution in [0.3, 0.4) is 0 Å². The highest BCUT2D eigenvalue weighted by Gasteiger charge is 2.34. The molecule has 0 saturated heterocycles. The van der Waals surface area contributed by atoms with Gasteiger partial charge in [0, 0.05) is 23.9 Å². The Morgan fingerprint density at radius 2 is 1.93 bits per heavy atom. The van der Waals surface area contributed by atoms with E-state index >= 15 is 0 Å². The molecule has 0 spiro atoms. The van der Waals surface area contributed by atoms with Gasteiger partial charge in [0.2, 0.25) is 11.8 Å². The number of rotatable bonds is 6. The van der Waals surface area contributed by atoms with Crippen molar-refractivity contribution >= 4 is 23.2 Å². The molecule has 0 aliphatic carbocycles. The monoisotopic (exact) mass is 398 g/mol. The van der Waals surface area contributed by atoms with Crippen LogP contribution in [0.25, 0.3) is 0 Å². The van der Waals surface area contributed by atoms with Gasteiger partial charge in [-0.15, -0.1) is 11.3 Å². The van der Waals surface area contributed by atoms with Crippen LogP contribution >= 0.6 is 11.3 Å². The van der Waals surface area contributed by atoms with E-state index in [2.05, 4.69) is 49.6 Å². The number of carbonyl (C=O) groups excluding carboxylic acids is 2. The Kier molecular flexibility index (Phi) is 6.55. The zero-order valence-corrected chi connectivity index (χ0v) is 18.1. The van der Waals surface area contributed by atoms with E-state index in [9.17, 15) is 9.59 Å². The second kappa shape index (κ2) is 8.91. The lowest BCUT2D eigenvalue weighted by Crippen LogP contribution is -2.49. The molecule has 1 aliphatic heterocycles. The third-order valence-electron chi connectivity index (χ3n) is 5.73. The van der Waals surface area contributed by atoms with Gasteiger partial charge in [-0.25, -0.2) is 0 Å². The summed E-state index contributed by atoms with van der Waals surface area (Å²) in [6, 6.07) is 10.6. The number of aryl methyl sites for hydroxylation is 1. The number of amides is 2. The first-order valence-electron chi connectivity index (χ1n) is 10.2. The Morgan fingerprint density at radius 1 is 1.21 bits per heavy atom. The molecule has 0 saturated carbocycles. The van der Waals surface area contributed by atoms with Crippen molar-refractivity contribution < 1.29 is 9.59 Å². The van der Waals surface area contributed by atoms with Crippen LogP contribution < -0.4 is 0 Å². The highest BCUT2D eigenvalue weighted by atomic mass is 32.1. The second-order valence-electron chi connectivity index (χ2n) is 7.58. The van der Waals surface area contributed by atoms with Gasteiger partial charge in [-0.3, -0.25) is 9.59 Å². The van der Waals surface area contributed by atoms with Crippen molar-refractivity contribution in [1.82, 2.24) is 9.80 Å². The Bertz CT molecular complexity index is 827. The fourth-order valence-corrected chi connectivity index (χ4v) is 4.75. The molecule has 0 fully saturated rings. The van der Waals surface area contributed by atoms with Crippen LogP contribution in [0.5, 0.6) is 0 Å². The zero-order valence-electron chi connectivity index (χ0n) is 17.3. The zero-order chi connectivity index (χ0) is 20.3. The van der Waals surface area contributed by atoms with Crippen molar-refractivity contribution in [2.24, 2.45) is 0 Å². The largest absolute Gasteiger partial charge is 0.331 e. The first kappa shape index (κ1) is 20.6. The van der Waals surface area contributed by atoms with Gasteiger partial charge < -0.3 is 9.80 Å². The quantitative estimate of drug-likeness (QED) is 0.715. The smallest absolute Gasteiger partial charge is 0.243 e. The van der Waals surface area contributed by atoms with Crippen LogP contribution in [0.2, 0.25) is 0 Å². The molecule has 150 valence electrons. The number of benzene rings is 1. The second-order valence-corrected chi connectivity index (χ2v) is 8.58. The van der Waals surface area contributed by atoms with Gasteiger partial charge in [-0.05, 0) is 49.3 Å². The van der Waals surface area contributed by atoms with Crippen LogP contribution in [0, 0.1) is 6.92 Å². The van der Waals surface area contributed by atoms with Gasteiger partial charge in [0.15, 0.2) is 0 Å². The molecule has 28 heavy (non-hydrogen) atoms. The van der Waals surface area contributed by atoms with E-state index in [1.807, 2.05) is 18.7 Å². The Hall–Kier alpha value is -2.14. The van der Waals surface area contributed by atoms with E-state index in [0.29, 0.717) is 13.0 Å². The van der Waals surface area contributed by atoms with Crippen LogP contribution in [-0.2, 0) is 16.0 Å². The number of hydrogen-bond donors (Lipinski definition) is 0. The van der Waals surface area contributed by atoms with E-state index < -0.39 is 0 Å². The predicted octanol–water partition coefficient (Wildman–Crippen LogP) is 4.57. The van der Waals surface area contributed by atoms with Crippen molar-refractivity contribution in [3.05, 3.63) is 57.3 Å². The van der Waals surface area contributed by atoms with Gasteiger partial charge >= 0.3 is 0 Å². The van der Waals surface area contributed by atoms with E-state index in [1.165, 1.54) is 16.0 Å². The molecule has 2 aromatic rings. The van der Waals surface area contributed by atoms with Crippen LogP contribution in [0.4, 0.5) is 0 Å². The Labute approximate surface area is 172 Å². The minimum absolute atomic E-state index is 0.0320. The molecule has 0 radical (unpaired) electrons. The maximum absolute atomic E-state index is 13.4. The summed E-state index contributed by atoms with van der Waals surface area (Å²) in [7, 11) is 0. The van der Waals surface area contributed by atoms with Crippen molar-refractivity contribution in [2.75, 3.05) is 13.1 Å². The lowest BCUT2D eigenvalue weighted by atomic mass is 9.92. The average molecular weight is 399 g/mol. The van der Waals surface area contributed by atoms with Crippen molar-refractivity contribution in [3.8, 4) is 0 Å². The molecule has 0 N–H and O–H groups in total. The molecular weight excluding hydrogens is 368 g/mol. The van der Waals surface area contributed by atoms with Crippen molar-refractivity contribution in [3.63, 3.8) is 0 Å². The maximum Gasteiger partial charge on any atom is 0.243 e. The van der Waals surface area contributed by atoms with Gasteiger partial charge in [0.25, 0.3) is 0 Å². The Morgan fingerprint density at radius 3 is 2.57 bits per heavy atom. The van der Waals surface area contributed by atoms with Crippen LogP contribution in [0.15, 0.2) is 35.7 Å². The Balaban J connectivity index is 1.91. The summed E-state index contributed by atoms with van der Waals surface area (Å²) in [6.07, 6.45) is 2.15. The number of carbonyl (C=O) groups is 2. The highest BCUT2D eigenvalue weighted by Crippen LogP contribution is 2.38. The number of fused-ring (bicyclic) bond motifs is 1. The molecule has 1 aliphatic rings. The van der Waals surface area contributed by atoms with Gasteiger partial charge in [0.1, 0.15) is 6.54 Å². The normalized spacial score (nSPS) is 17.1. The first-order chi connectivity index (χ1) is 13.5. The molecule has 0 unspecified atom stereocenters. The first-order valence-corrected chi connectivity index (χ1v) is 11.1. The SMILES string of the molecule is CCC(=O)N(CC(=O)N1CCc2sccc2[C@@H]1c1ccc(C)cc1)[C@@H](C)CC. The van der Waals surface area contributed by atoms with E-state index in [-0.39, 0.29) is 30.4 Å². The molecular formula is C23H30N2O2S. The molecule has 1 aromatic heterocycles. The number of hydrogen-bond acceptors (Lipinski definition) is 3. The summed E-state index contributed by atoms with van der Waals surface area (Å²) in [6.45, 7) is 8.85. The summed E-state index contributed by atoms with van der Waals surface area (Å²) in [5.41, 5.74) is 3.57. The molecule has 2 heterocycles. The molecule has 2 amide bonds. The fraction of sp³-hybridized carbons (Fsp3) is 0.478. The van der Waals surface area contributed by atoms with Gasteiger partial charge in [0.05, 0.1) is 6.04 Å². The van der Waals surface area contributed by atoms with E-state index in [1.54, 1.807) is 16.2 Å². The molecule has 3 rings (SSSR count). The van der Waals surface area contributed by atoms with Crippen molar-refractivity contribution in [1.29, 1.82) is 0 Å². The maximum atomic E-state index is 13.4. The summed E-state index contributed by atoms with van der Waals surface area (Å²) in [5, 5.41) is 2.12. The lowest BCUT2D eigenvalue weighted by Gasteiger charge is -2.38. The molecule has 2 atom stereocenters. The summed E-state index contributed by atoms with van der Waals surface area (Å²) in [4.78, 5) is 30.9. The highest BCUT2D eigenvalue weighted by molar-refractivity contribution is 7.10. The molecule has 5 heteroatoms. The van der Waals surface area contributed by atoms with E-state index in [0.717, 1.165) is 18.4 Å². The topological polar surface area (TPSA) is 40.6 Å². The fourth-order valence-electron chi connectivity index (χ4n) is 3.84. The van der Waals surface area contributed by atoms with Gasteiger partial charge in [-0.1, -0.05) is 43.7 Å². The van der Waals surface area contributed by atoms with Gasteiger partial charge in [-0.2, -0.15) is 0 Å². The van der Waals surface area contributed by atoms with Crippen molar-refractivity contribution in [2.45, 2.75) is 59.0 Å². The minimum Gasteiger partial charge on any atom is -0.331 e. The summed E-state index contributed by atoms with van der Waals surface area (Å²) < 4.78 is 0. The molecule has 4 nitrogen and oxygen atoms in total. The third-order valence-corrected chi connectivity index (χ3v) is 6.73. The third kappa shape index (κ3) is 4.14. The summed E-state index contributed by atoms with van der Waals surface area (Å²) >= 11 is 1.77.